The van der Waals surface area contributed by atoms with E-state index in [0.29, 0.717) is 44.1 Å². The predicted octanol–water partition coefficient (Wildman–Crippen LogP) is 3.46. The molecule has 154 valence electrons. The van der Waals surface area contributed by atoms with Crippen molar-refractivity contribution in [3.8, 4) is 11.5 Å². The molecule has 1 saturated heterocycles. The molecule has 1 heterocycles. The molecule has 28 heavy (non-hydrogen) atoms. The molecule has 2 saturated carbocycles. The van der Waals surface area contributed by atoms with Crippen LogP contribution in [0, 0.1) is 5.92 Å². The Hall–Kier alpha value is -1.95. The second-order valence-electron chi connectivity index (χ2n) is 8.53. The van der Waals surface area contributed by atoms with Crippen LogP contribution in [0.1, 0.15) is 56.9 Å². The Morgan fingerprint density at radius 3 is 2.54 bits per heavy atom. The van der Waals surface area contributed by atoms with Gasteiger partial charge in [0.05, 0.1) is 18.8 Å². The average molecular weight is 389 g/mol. The van der Waals surface area contributed by atoms with Gasteiger partial charge >= 0.3 is 6.03 Å². The molecule has 2 N–H and O–H groups in total. The van der Waals surface area contributed by atoms with Crippen LogP contribution in [0.25, 0.3) is 0 Å². The molecule has 0 radical (unpaired) electrons. The van der Waals surface area contributed by atoms with Crippen LogP contribution < -0.4 is 14.8 Å². The fourth-order valence-electron chi connectivity index (χ4n) is 4.52. The fraction of sp³-hybridized carbons (Fsp3) is 0.682. The largest absolute Gasteiger partial charge is 0.493 e. The molecule has 0 unspecified atom stereocenters. The molecule has 2 amide bonds. The molecule has 3 fully saturated rings. The van der Waals surface area contributed by atoms with Gasteiger partial charge in [0.1, 0.15) is 0 Å². The van der Waals surface area contributed by atoms with Crippen molar-refractivity contribution in [1.29, 1.82) is 0 Å². The number of urea groups is 1. The van der Waals surface area contributed by atoms with Crippen LogP contribution in [0.2, 0.25) is 0 Å². The Kier molecular flexibility index (Phi) is 5.67. The van der Waals surface area contributed by atoms with E-state index in [1.54, 1.807) is 7.11 Å². The van der Waals surface area contributed by atoms with E-state index in [9.17, 15) is 9.90 Å². The van der Waals surface area contributed by atoms with E-state index >= 15 is 0 Å². The van der Waals surface area contributed by atoms with Crippen LogP contribution in [-0.4, -0.2) is 47.9 Å². The van der Waals surface area contributed by atoms with Crippen molar-refractivity contribution in [2.24, 2.45) is 5.92 Å². The van der Waals surface area contributed by atoms with Gasteiger partial charge in [-0.15, -0.1) is 0 Å². The van der Waals surface area contributed by atoms with Gasteiger partial charge in [0, 0.05) is 19.6 Å². The van der Waals surface area contributed by atoms with Crippen molar-refractivity contribution in [1.82, 2.24) is 10.2 Å². The predicted molar refractivity (Wildman–Crippen MR) is 107 cm³/mol. The zero-order chi connectivity index (χ0) is 19.6. The van der Waals surface area contributed by atoms with Crippen molar-refractivity contribution in [3.05, 3.63) is 23.8 Å². The van der Waals surface area contributed by atoms with E-state index in [0.717, 1.165) is 37.0 Å². The first kappa shape index (κ1) is 19.4. The lowest BCUT2D eigenvalue weighted by atomic mass is 9.87. The molecule has 1 aromatic carbocycles. The van der Waals surface area contributed by atoms with E-state index < -0.39 is 5.60 Å². The lowest BCUT2D eigenvalue weighted by molar-refractivity contribution is -0.0307. The Labute approximate surface area is 167 Å². The monoisotopic (exact) mass is 388 g/mol. The van der Waals surface area contributed by atoms with Crippen molar-refractivity contribution in [3.63, 3.8) is 0 Å². The summed E-state index contributed by atoms with van der Waals surface area (Å²) in [5.74, 6) is 1.95. The molecule has 2 aliphatic carbocycles. The van der Waals surface area contributed by atoms with Gasteiger partial charge in [-0.25, -0.2) is 4.79 Å². The van der Waals surface area contributed by atoms with Crippen LogP contribution in [0.15, 0.2) is 18.2 Å². The summed E-state index contributed by atoms with van der Waals surface area (Å²) in [4.78, 5) is 14.3. The maximum atomic E-state index is 12.5. The molecule has 6 heteroatoms. The van der Waals surface area contributed by atoms with E-state index in [4.69, 9.17) is 9.47 Å². The van der Waals surface area contributed by atoms with Gasteiger partial charge in [-0.05, 0) is 75.0 Å². The third kappa shape index (κ3) is 4.37. The Morgan fingerprint density at radius 2 is 1.89 bits per heavy atom. The van der Waals surface area contributed by atoms with Crippen LogP contribution in [0.5, 0.6) is 11.5 Å². The van der Waals surface area contributed by atoms with Gasteiger partial charge in [-0.1, -0.05) is 6.07 Å². The summed E-state index contributed by atoms with van der Waals surface area (Å²) < 4.78 is 11.6. The third-order valence-electron chi connectivity index (χ3n) is 6.52. The Balaban J connectivity index is 1.28. The zero-order valence-corrected chi connectivity index (χ0v) is 16.8. The molecular formula is C22H32N2O4. The summed E-state index contributed by atoms with van der Waals surface area (Å²) in [5.41, 5.74) is 0.440. The molecule has 1 aromatic rings. The molecule has 0 bridgehead atoms. The zero-order valence-electron chi connectivity index (χ0n) is 16.8. The highest BCUT2D eigenvalue weighted by molar-refractivity contribution is 5.74. The first-order valence-corrected chi connectivity index (χ1v) is 10.7. The molecular weight excluding hydrogens is 356 g/mol. The maximum absolute atomic E-state index is 12.5. The van der Waals surface area contributed by atoms with E-state index in [2.05, 4.69) is 5.32 Å². The van der Waals surface area contributed by atoms with Gasteiger partial charge in [-0.2, -0.15) is 0 Å². The van der Waals surface area contributed by atoms with Crippen molar-refractivity contribution in [2.75, 3.05) is 20.2 Å². The first-order valence-electron chi connectivity index (χ1n) is 10.7. The Bertz CT molecular complexity index is 690. The highest BCUT2D eigenvalue weighted by Gasteiger charge is 2.45. The van der Waals surface area contributed by atoms with Crippen molar-refractivity contribution < 1.29 is 19.4 Å². The maximum Gasteiger partial charge on any atom is 0.317 e. The quantitative estimate of drug-likeness (QED) is 0.783. The molecule has 0 spiro atoms. The number of nitrogens with zero attached hydrogens (tertiary/aromatic N) is 1. The number of carbonyl (C=O) groups is 1. The molecule has 1 aliphatic heterocycles. The number of piperidine rings is 1. The van der Waals surface area contributed by atoms with Crippen molar-refractivity contribution >= 4 is 6.03 Å². The van der Waals surface area contributed by atoms with E-state index in [1.807, 2.05) is 23.1 Å². The topological polar surface area (TPSA) is 71.0 Å². The SMILES string of the molecule is COc1cc(CNC(=O)N2CCC(O)(C3CC3)CC2)ccc1OC1CCCC1. The number of methoxy groups -OCH3 is 1. The number of hydrogen-bond acceptors (Lipinski definition) is 4. The number of hydrogen-bond donors (Lipinski definition) is 2. The molecule has 6 nitrogen and oxygen atoms in total. The second kappa shape index (κ2) is 8.19. The highest BCUT2D eigenvalue weighted by atomic mass is 16.5. The second-order valence-corrected chi connectivity index (χ2v) is 8.53. The number of carbonyl (C=O) groups excluding carboxylic acids is 1. The minimum absolute atomic E-state index is 0.0666. The standard InChI is InChI=1S/C22H32N2O4/c1-27-20-14-16(6-9-19(20)28-18-4-2-3-5-18)15-23-21(25)24-12-10-22(26,11-13-24)17-7-8-17/h6,9,14,17-18,26H,2-5,7-8,10-13,15H2,1H3,(H,23,25). The average Bonchev–Trinajstić information content (AvgIpc) is 3.46. The number of amides is 2. The van der Waals surface area contributed by atoms with Crippen LogP contribution in [0.4, 0.5) is 4.79 Å². The lowest BCUT2D eigenvalue weighted by Crippen LogP contribution is -2.50. The summed E-state index contributed by atoms with van der Waals surface area (Å²) >= 11 is 0. The summed E-state index contributed by atoms with van der Waals surface area (Å²) in [6.07, 6.45) is 8.58. The van der Waals surface area contributed by atoms with Gasteiger partial charge in [-0.3, -0.25) is 0 Å². The first-order chi connectivity index (χ1) is 13.6. The summed E-state index contributed by atoms with van der Waals surface area (Å²) in [7, 11) is 1.65. The summed E-state index contributed by atoms with van der Waals surface area (Å²) in [6, 6.07) is 5.79. The van der Waals surface area contributed by atoms with Gasteiger partial charge < -0.3 is 24.8 Å². The molecule has 3 aliphatic rings. The molecule has 0 aromatic heterocycles. The lowest BCUT2D eigenvalue weighted by Gasteiger charge is -2.38. The number of aliphatic hydroxyl groups is 1. The van der Waals surface area contributed by atoms with Gasteiger partial charge in [0.2, 0.25) is 0 Å². The highest BCUT2D eigenvalue weighted by Crippen LogP contribution is 2.45. The van der Waals surface area contributed by atoms with Crippen LogP contribution in [0.3, 0.4) is 0 Å². The molecule has 4 rings (SSSR count). The normalized spacial score (nSPS) is 22.1. The summed E-state index contributed by atoms with van der Waals surface area (Å²) in [5, 5.41) is 13.6. The molecule has 0 atom stereocenters. The Morgan fingerprint density at radius 1 is 1.18 bits per heavy atom. The number of rotatable bonds is 6. The fourth-order valence-corrected chi connectivity index (χ4v) is 4.52. The van der Waals surface area contributed by atoms with Gasteiger partial charge in [0.15, 0.2) is 11.5 Å². The minimum Gasteiger partial charge on any atom is -0.493 e. The minimum atomic E-state index is -0.542. The third-order valence-corrected chi connectivity index (χ3v) is 6.52. The number of likely N-dealkylation sites (tertiary alicyclic amines) is 1. The number of ether oxygens (including phenoxy) is 2. The number of benzene rings is 1. The smallest absolute Gasteiger partial charge is 0.317 e. The van der Waals surface area contributed by atoms with Crippen LogP contribution in [-0.2, 0) is 6.54 Å². The van der Waals surface area contributed by atoms with E-state index in [-0.39, 0.29) is 12.1 Å². The summed E-state index contributed by atoms with van der Waals surface area (Å²) in [6.45, 7) is 1.69. The van der Waals surface area contributed by atoms with Crippen molar-refractivity contribution in [2.45, 2.75) is 69.6 Å². The van der Waals surface area contributed by atoms with E-state index in [1.165, 1.54) is 12.8 Å². The number of nitrogens with one attached hydrogen (secondary N) is 1. The van der Waals surface area contributed by atoms with Crippen LogP contribution >= 0.6 is 0 Å². The van der Waals surface area contributed by atoms with Gasteiger partial charge in [0.25, 0.3) is 0 Å².